The molecule has 0 heterocycles. The average Bonchev–Trinajstić information content (AvgIpc) is 2.70. The minimum absolute atomic E-state index is 0.177. The Labute approximate surface area is 101 Å². The summed E-state index contributed by atoms with van der Waals surface area (Å²) in [4.78, 5) is 11.4. The summed E-state index contributed by atoms with van der Waals surface area (Å²) in [5.74, 6) is 0.998. The number of benzene rings is 1. The standard InChI is InChI=1S/C14H17FO2/c1-10-9-12(5-6-13(10)15)17-8-7-11-3-2-4-14(11)16/h5-6,9,11H,2-4,7-8H2,1H3. The molecule has 92 valence electrons. The summed E-state index contributed by atoms with van der Waals surface area (Å²) in [5, 5.41) is 0. The Balaban J connectivity index is 1.81. The highest BCUT2D eigenvalue weighted by Crippen LogP contribution is 2.24. The van der Waals surface area contributed by atoms with Crippen LogP contribution >= 0.6 is 0 Å². The highest BCUT2D eigenvalue weighted by Gasteiger charge is 2.23. The summed E-state index contributed by atoms with van der Waals surface area (Å²) in [6.07, 6.45) is 3.50. The number of ketones is 1. The SMILES string of the molecule is Cc1cc(OCCC2CCCC2=O)ccc1F. The van der Waals surface area contributed by atoms with E-state index in [4.69, 9.17) is 4.74 Å². The van der Waals surface area contributed by atoms with Crippen molar-refractivity contribution in [3.05, 3.63) is 29.6 Å². The van der Waals surface area contributed by atoms with Gasteiger partial charge in [-0.15, -0.1) is 0 Å². The van der Waals surface area contributed by atoms with Gasteiger partial charge in [0.05, 0.1) is 6.61 Å². The Morgan fingerprint density at radius 1 is 1.47 bits per heavy atom. The molecule has 3 heteroatoms. The first kappa shape index (κ1) is 12.1. The number of ether oxygens (including phenoxy) is 1. The van der Waals surface area contributed by atoms with E-state index in [1.165, 1.54) is 6.07 Å². The number of Topliss-reactive ketones (excluding diaryl/α,β-unsaturated/α-hetero) is 1. The van der Waals surface area contributed by atoms with Crippen LogP contribution in [0.5, 0.6) is 5.75 Å². The van der Waals surface area contributed by atoms with Gasteiger partial charge in [-0.25, -0.2) is 4.39 Å². The Morgan fingerprint density at radius 3 is 2.94 bits per heavy atom. The molecule has 1 unspecified atom stereocenters. The van der Waals surface area contributed by atoms with Crippen LogP contribution in [0.4, 0.5) is 4.39 Å². The fourth-order valence-electron chi connectivity index (χ4n) is 2.22. The van der Waals surface area contributed by atoms with E-state index >= 15 is 0 Å². The van der Waals surface area contributed by atoms with Gasteiger partial charge in [0.2, 0.25) is 0 Å². The molecule has 17 heavy (non-hydrogen) atoms. The van der Waals surface area contributed by atoms with E-state index in [0.29, 0.717) is 23.7 Å². The van der Waals surface area contributed by atoms with Crippen LogP contribution in [0.3, 0.4) is 0 Å². The molecule has 0 radical (unpaired) electrons. The number of rotatable bonds is 4. The molecule has 0 N–H and O–H groups in total. The van der Waals surface area contributed by atoms with E-state index in [-0.39, 0.29) is 11.7 Å². The molecule has 1 aromatic rings. The molecule has 2 nitrogen and oxygen atoms in total. The zero-order chi connectivity index (χ0) is 12.3. The summed E-state index contributed by atoms with van der Waals surface area (Å²) in [5.41, 5.74) is 0.583. The van der Waals surface area contributed by atoms with E-state index in [9.17, 15) is 9.18 Å². The van der Waals surface area contributed by atoms with Crippen molar-refractivity contribution < 1.29 is 13.9 Å². The molecule has 0 aromatic heterocycles. The van der Waals surface area contributed by atoms with Crippen LogP contribution < -0.4 is 4.74 Å². The lowest BCUT2D eigenvalue weighted by Crippen LogP contribution is -2.11. The van der Waals surface area contributed by atoms with Crippen LogP contribution in [0.2, 0.25) is 0 Å². The van der Waals surface area contributed by atoms with Crippen LogP contribution in [-0.4, -0.2) is 12.4 Å². The van der Waals surface area contributed by atoms with Gasteiger partial charge in [-0.3, -0.25) is 4.79 Å². The first-order valence-corrected chi connectivity index (χ1v) is 6.08. The molecular weight excluding hydrogens is 219 g/mol. The predicted molar refractivity (Wildman–Crippen MR) is 63.6 cm³/mol. The Hall–Kier alpha value is -1.38. The van der Waals surface area contributed by atoms with E-state index in [1.54, 1.807) is 19.1 Å². The number of aryl methyl sites for hydroxylation is 1. The molecule has 0 spiro atoms. The average molecular weight is 236 g/mol. The van der Waals surface area contributed by atoms with Crippen molar-refractivity contribution in [3.8, 4) is 5.75 Å². The van der Waals surface area contributed by atoms with Gasteiger partial charge in [0.15, 0.2) is 0 Å². The van der Waals surface area contributed by atoms with Gasteiger partial charge in [0.1, 0.15) is 17.3 Å². The molecule has 1 atom stereocenters. The zero-order valence-electron chi connectivity index (χ0n) is 10.0. The van der Waals surface area contributed by atoms with Crippen molar-refractivity contribution in [3.63, 3.8) is 0 Å². The molecule has 2 rings (SSSR count). The first-order valence-electron chi connectivity index (χ1n) is 6.08. The van der Waals surface area contributed by atoms with E-state index in [1.807, 2.05) is 0 Å². The molecule has 0 aliphatic heterocycles. The monoisotopic (exact) mass is 236 g/mol. The smallest absolute Gasteiger partial charge is 0.136 e. The number of hydrogen-bond acceptors (Lipinski definition) is 2. The summed E-state index contributed by atoms with van der Waals surface area (Å²) >= 11 is 0. The van der Waals surface area contributed by atoms with Gasteiger partial charge in [0.25, 0.3) is 0 Å². The van der Waals surface area contributed by atoms with Crippen LogP contribution in [-0.2, 0) is 4.79 Å². The van der Waals surface area contributed by atoms with Gasteiger partial charge in [0, 0.05) is 12.3 Å². The maximum Gasteiger partial charge on any atom is 0.136 e. The fourth-order valence-corrected chi connectivity index (χ4v) is 2.22. The van der Waals surface area contributed by atoms with Crippen molar-refractivity contribution in [2.24, 2.45) is 5.92 Å². The minimum Gasteiger partial charge on any atom is -0.494 e. The number of halogens is 1. The number of carbonyl (C=O) groups is 1. The zero-order valence-corrected chi connectivity index (χ0v) is 10.0. The molecular formula is C14H17FO2. The fraction of sp³-hybridized carbons (Fsp3) is 0.500. The summed E-state index contributed by atoms with van der Waals surface area (Å²) in [6, 6.07) is 4.72. The van der Waals surface area contributed by atoms with Crippen LogP contribution in [0.25, 0.3) is 0 Å². The molecule has 0 amide bonds. The van der Waals surface area contributed by atoms with E-state index < -0.39 is 0 Å². The molecule has 1 saturated carbocycles. The summed E-state index contributed by atoms with van der Waals surface area (Å²) < 4.78 is 18.6. The highest BCUT2D eigenvalue weighted by molar-refractivity contribution is 5.82. The predicted octanol–water partition coefficient (Wildman–Crippen LogP) is 3.27. The Morgan fingerprint density at radius 2 is 2.29 bits per heavy atom. The Kier molecular flexibility index (Phi) is 3.77. The van der Waals surface area contributed by atoms with Crippen molar-refractivity contribution in [1.82, 2.24) is 0 Å². The molecule has 0 bridgehead atoms. The van der Waals surface area contributed by atoms with E-state index in [2.05, 4.69) is 0 Å². The van der Waals surface area contributed by atoms with Crippen molar-refractivity contribution >= 4 is 5.78 Å². The number of hydrogen-bond donors (Lipinski definition) is 0. The van der Waals surface area contributed by atoms with Crippen LogP contribution in [0.15, 0.2) is 18.2 Å². The van der Waals surface area contributed by atoms with Crippen molar-refractivity contribution in [1.29, 1.82) is 0 Å². The van der Waals surface area contributed by atoms with Gasteiger partial charge in [-0.1, -0.05) is 0 Å². The third-order valence-corrected chi connectivity index (χ3v) is 3.30. The normalized spacial score (nSPS) is 19.6. The van der Waals surface area contributed by atoms with E-state index in [0.717, 1.165) is 25.7 Å². The quantitative estimate of drug-likeness (QED) is 0.802. The Bertz CT molecular complexity index is 415. The molecule has 1 aromatic carbocycles. The van der Waals surface area contributed by atoms with Gasteiger partial charge < -0.3 is 4.74 Å². The third kappa shape index (κ3) is 3.05. The second-order valence-electron chi connectivity index (χ2n) is 4.60. The maximum atomic E-state index is 13.0. The lowest BCUT2D eigenvalue weighted by atomic mass is 10.0. The lowest BCUT2D eigenvalue weighted by molar-refractivity contribution is -0.121. The van der Waals surface area contributed by atoms with Gasteiger partial charge in [-0.05, 0) is 49.9 Å². The first-order chi connectivity index (χ1) is 8.16. The van der Waals surface area contributed by atoms with Crippen molar-refractivity contribution in [2.75, 3.05) is 6.61 Å². The summed E-state index contributed by atoms with van der Waals surface area (Å²) in [7, 11) is 0. The minimum atomic E-state index is -0.219. The largest absolute Gasteiger partial charge is 0.494 e. The summed E-state index contributed by atoms with van der Waals surface area (Å²) in [6.45, 7) is 2.24. The highest BCUT2D eigenvalue weighted by atomic mass is 19.1. The van der Waals surface area contributed by atoms with Gasteiger partial charge >= 0.3 is 0 Å². The second kappa shape index (κ2) is 5.30. The van der Waals surface area contributed by atoms with Crippen molar-refractivity contribution in [2.45, 2.75) is 32.6 Å². The molecule has 1 aliphatic rings. The topological polar surface area (TPSA) is 26.3 Å². The van der Waals surface area contributed by atoms with Crippen LogP contribution in [0.1, 0.15) is 31.2 Å². The van der Waals surface area contributed by atoms with Gasteiger partial charge in [-0.2, -0.15) is 0 Å². The molecule has 0 saturated heterocycles. The maximum absolute atomic E-state index is 13.0. The van der Waals surface area contributed by atoms with Crippen LogP contribution in [0, 0.1) is 18.7 Å². The molecule has 1 aliphatic carbocycles. The molecule has 1 fully saturated rings. The third-order valence-electron chi connectivity index (χ3n) is 3.30. The second-order valence-corrected chi connectivity index (χ2v) is 4.60. The number of carbonyl (C=O) groups excluding carboxylic acids is 1. The lowest BCUT2D eigenvalue weighted by Gasteiger charge is -2.10.